The number of ether oxygens (including phenoxy) is 1. The fourth-order valence-electron chi connectivity index (χ4n) is 2.09. The molecule has 2 N–H and O–H groups in total. The molecule has 0 saturated carbocycles. The van der Waals surface area contributed by atoms with Gasteiger partial charge in [-0.2, -0.15) is 0 Å². The fraction of sp³-hybridized carbons (Fsp3) is 0.278. The predicted octanol–water partition coefficient (Wildman–Crippen LogP) is 4.76. The second-order valence-electron chi connectivity index (χ2n) is 5.60. The summed E-state index contributed by atoms with van der Waals surface area (Å²) in [7, 11) is 3.91. The highest BCUT2D eigenvalue weighted by Gasteiger charge is 2.04. The molecule has 0 spiro atoms. The Bertz CT molecular complexity index is 725. The molecule has 0 aliphatic heterocycles. The van der Waals surface area contributed by atoms with Gasteiger partial charge in [-0.05, 0) is 42.8 Å². The van der Waals surface area contributed by atoms with Crippen molar-refractivity contribution in [2.45, 2.75) is 6.42 Å². The Morgan fingerprint density at radius 2 is 2.04 bits per heavy atom. The van der Waals surface area contributed by atoms with Crippen LogP contribution >= 0.6 is 27.5 Å². The molecule has 0 fully saturated rings. The summed E-state index contributed by atoms with van der Waals surface area (Å²) in [4.78, 5) is 13.9. The van der Waals surface area contributed by atoms with E-state index in [9.17, 15) is 4.79 Å². The van der Waals surface area contributed by atoms with Gasteiger partial charge in [0.25, 0.3) is 0 Å². The third-order valence-electron chi connectivity index (χ3n) is 3.38. The van der Waals surface area contributed by atoms with Gasteiger partial charge in [-0.25, -0.2) is 4.79 Å². The lowest BCUT2D eigenvalue weighted by Gasteiger charge is -2.14. The first-order chi connectivity index (χ1) is 12.0. The summed E-state index contributed by atoms with van der Waals surface area (Å²) < 4.78 is 6.51. The van der Waals surface area contributed by atoms with Gasteiger partial charge in [0.1, 0.15) is 5.75 Å². The van der Waals surface area contributed by atoms with Crippen molar-refractivity contribution in [1.29, 1.82) is 0 Å². The quantitative estimate of drug-likeness (QED) is 0.628. The Hall–Kier alpha value is -1.92. The molecule has 0 radical (unpaired) electrons. The molecule has 25 heavy (non-hydrogen) atoms. The Kier molecular flexibility index (Phi) is 7.40. The summed E-state index contributed by atoms with van der Waals surface area (Å²) in [6.45, 7) is 0.977. The molecule has 134 valence electrons. The van der Waals surface area contributed by atoms with Gasteiger partial charge in [-0.3, -0.25) is 0 Å². The van der Waals surface area contributed by atoms with Crippen LogP contribution in [0.3, 0.4) is 0 Å². The van der Waals surface area contributed by atoms with Crippen molar-refractivity contribution >= 4 is 44.9 Å². The van der Waals surface area contributed by atoms with Gasteiger partial charge in [0.2, 0.25) is 0 Å². The summed E-state index contributed by atoms with van der Waals surface area (Å²) in [5.74, 6) is 0.634. The smallest absolute Gasteiger partial charge is 0.319 e. The minimum atomic E-state index is -0.238. The molecular formula is C18H21BrClN3O2. The van der Waals surface area contributed by atoms with Crippen LogP contribution in [0.15, 0.2) is 46.9 Å². The Labute approximate surface area is 161 Å². The third kappa shape index (κ3) is 6.48. The summed E-state index contributed by atoms with van der Waals surface area (Å²) >= 11 is 9.43. The van der Waals surface area contributed by atoms with E-state index in [-0.39, 0.29) is 6.03 Å². The Morgan fingerprint density at radius 1 is 1.24 bits per heavy atom. The number of hydrogen-bond acceptors (Lipinski definition) is 3. The minimum absolute atomic E-state index is 0.238. The lowest BCUT2D eigenvalue weighted by atomic mass is 10.2. The van der Waals surface area contributed by atoms with E-state index in [0.29, 0.717) is 30.3 Å². The monoisotopic (exact) mass is 425 g/mol. The molecule has 0 aliphatic rings. The predicted molar refractivity (Wildman–Crippen MR) is 107 cm³/mol. The molecule has 2 rings (SSSR count). The Morgan fingerprint density at radius 3 is 2.76 bits per heavy atom. The maximum Gasteiger partial charge on any atom is 0.319 e. The average molecular weight is 427 g/mol. The molecular weight excluding hydrogens is 406 g/mol. The number of anilines is 2. The number of rotatable bonds is 7. The van der Waals surface area contributed by atoms with Gasteiger partial charge in [-0.1, -0.05) is 33.6 Å². The second kappa shape index (κ2) is 9.53. The maximum atomic E-state index is 11.9. The van der Waals surface area contributed by atoms with Crippen LogP contribution in [-0.4, -0.2) is 33.3 Å². The Balaban J connectivity index is 1.69. The number of amides is 2. The maximum absolute atomic E-state index is 11.9. The number of urea groups is 1. The van der Waals surface area contributed by atoms with E-state index >= 15 is 0 Å². The summed E-state index contributed by atoms with van der Waals surface area (Å²) in [6, 6.07) is 12.9. The zero-order chi connectivity index (χ0) is 18.2. The molecule has 2 aromatic rings. The number of hydrogen-bond donors (Lipinski definition) is 2. The van der Waals surface area contributed by atoms with E-state index in [0.717, 1.165) is 15.8 Å². The lowest BCUT2D eigenvalue weighted by Crippen LogP contribution is -2.30. The molecule has 0 unspecified atom stereocenters. The van der Waals surface area contributed by atoms with E-state index in [1.54, 1.807) is 6.07 Å². The first-order valence-electron chi connectivity index (χ1n) is 7.86. The lowest BCUT2D eigenvalue weighted by molar-refractivity contribution is 0.250. The van der Waals surface area contributed by atoms with Gasteiger partial charge in [0.15, 0.2) is 0 Å². The number of halogens is 2. The molecule has 0 heterocycles. The second-order valence-corrected chi connectivity index (χ2v) is 6.93. The zero-order valence-corrected chi connectivity index (χ0v) is 16.5. The van der Waals surface area contributed by atoms with Crippen LogP contribution in [0.2, 0.25) is 5.02 Å². The summed E-state index contributed by atoms with van der Waals surface area (Å²) in [5, 5.41) is 6.18. The van der Waals surface area contributed by atoms with Crippen molar-refractivity contribution in [3.05, 3.63) is 52.0 Å². The van der Waals surface area contributed by atoms with E-state index < -0.39 is 0 Å². The van der Waals surface area contributed by atoms with Crippen molar-refractivity contribution in [2.75, 3.05) is 37.5 Å². The van der Waals surface area contributed by atoms with Crippen LogP contribution < -0.4 is 20.3 Å². The van der Waals surface area contributed by atoms with Crippen molar-refractivity contribution in [3.63, 3.8) is 0 Å². The molecule has 0 aliphatic carbocycles. The molecule has 0 bridgehead atoms. The van der Waals surface area contributed by atoms with Crippen molar-refractivity contribution in [2.24, 2.45) is 0 Å². The number of nitrogens with one attached hydrogen (secondary N) is 2. The van der Waals surface area contributed by atoms with Gasteiger partial charge in [0, 0.05) is 36.5 Å². The van der Waals surface area contributed by atoms with Gasteiger partial charge in [-0.15, -0.1) is 0 Å². The van der Waals surface area contributed by atoms with Crippen molar-refractivity contribution in [1.82, 2.24) is 5.32 Å². The van der Waals surface area contributed by atoms with Gasteiger partial charge >= 0.3 is 6.03 Å². The first kappa shape index (κ1) is 19.4. The topological polar surface area (TPSA) is 53.6 Å². The highest BCUT2D eigenvalue weighted by molar-refractivity contribution is 9.10. The summed E-state index contributed by atoms with van der Waals surface area (Å²) in [5.41, 5.74) is 1.78. The zero-order valence-electron chi connectivity index (χ0n) is 14.2. The molecule has 7 heteroatoms. The highest BCUT2D eigenvalue weighted by Crippen LogP contribution is 2.27. The fourth-order valence-corrected chi connectivity index (χ4v) is 2.81. The molecule has 2 amide bonds. The number of nitrogens with zero attached hydrogens (tertiary/aromatic N) is 1. The molecule has 2 aromatic carbocycles. The van der Waals surface area contributed by atoms with E-state index in [4.69, 9.17) is 16.3 Å². The van der Waals surface area contributed by atoms with Crippen LogP contribution in [0.25, 0.3) is 0 Å². The van der Waals surface area contributed by atoms with Crippen LogP contribution in [-0.2, 0) is 0 Å². The third-order valence-corrected chi connectivity index (χ3v) is 4.17. The summed E-state index contributed by atoms with van der Waals surface area (Å²) in [6.07, 6.45) is 0.678. The number of benzene rings is 2. The molecule has 0 atom stereocenters. The molecule has 5 nitrogen and oxygen atoms in total. The van der Waals surface area contributed by atoms with Crippen LogP contribution in [0.5, 0.6) is 5.75 Å². The highest BCUT2D eigenvalue weighted by atomic mass is 79.9. The van der Waals surface area contributed by atoms with Crippen molar-refractivity contribution < 1.29 is 9.53 Å². The SMILES string of the molecule is CN(C)c1cccc(NC(=O)NCCCOc2ccc(Br)cc2Cl)c1. The average Bonchev–Trinajstić information content (AvgIpc) is 2.56. The van der Waals surface area contributed by atoms with Gasteiger partial charge in [0.05, 0.1) is 11.6 Å². The first-order valence-corrected chi connectivity index (χ1v) is 9.03. The van der Waals surface area contributed by atoms with Crippen molar-refractivity contribution in [3.8, 4) is 5.75 Å². The van der Waals surface area contributed by atoms with E-state index in [2.05, 4.69) is 26.6 Å². The number of carbonyl (C=O) groups excluding carboxylic acids is 1. The van der Waals surface area contributed by atoms with Crippen LogP contribution in [0.1, 0.15) is 6.42 Å². The van der Waals surface area contributed by atoms with Crippen LogP contribution in [0, 0.1) is 0 Å². The normalized spacial score (nSPS) is 10.2. The largest absolute Gasteiger partial charge is 0.492 e. The minimum Gasteiger partial charge on any atom is -0.492 e. The van der Waals surface area contributed by atoms with E-state index in [1.165, 1.54) is 0 Å². The molecule has 0 aromatic heterocycles. The number of carbonyl (C=O) groups is 1. The molecule has 0 saturated heterocycles. The van der Waals surface area contributed by atoms with E-state index in [1.807, 2.05) is 55.4 Å². The standard InChI is InChI=1S/C18H21BrClN3O2/c1-23(2)15-6-3-5-14(12-15)22-18(24)21-9-4-10-25-17-8-7-13(19)11-16(17)20/h3,5-8,11-12H,4,9-10H2,1-2H3,(H2,21,22,24). The van der Waals surface area contributed by atoms with Gasteiger partial charge < -0.3 is 20.3 Å². The van der Waals surface area contributed by atoms with Crippen LogP contribution in [0.4, 0.5) is 16.2 Å².